The molecule has 0 spiro atoms. The third-order valence-corrected chi connectivity index (χ3v) is 6.50. The Hall–Kier alpha value is -1.44. The molecule has 1 amide bonds. The first-order valence-corrected chi connectivity index (χ1v) is 10.0. The van der Waals surface area contributed by atoms with E-state index in [0.717, 1.165) is 38.7 Å². The normalized spacial score (nSPS) is 22.4. The van der Waals surface area contributed by atoms with Crippen LogP contribution < -0.4 is 5.32 Å². The molecule has 24 heavy (non-hydrogen) atoms. The fourth-order valence-corrected chi connectivity index (χ4v) is 4.66. The molecule has 1 aromatic rings. The molecule has 1 aromatic carbocycles. The number of sulfonamides is 1. The fraction of sp³-hybridized carbons (Fsp3) is 0.588. The lowest BCUT2D eigenvalue weighted by atomic mass is 10.2. The van der Waals surface area contributed by atoms with Crippen molar-refractivity contribution in [2.24, 2.45) is 0 Å². The predicted molar refractivity (Wildman–Crippen MR) is 90.4 cm³/mol. The van der Waals surface area contributed by atoms with Crippen LogP contribution >= 0.6 is 0 Å². The lowest BCUT2D eigenvalue weighted by Crippen LogP contribution is -2.35. The van der Waals surface area contributed by atoms with Gasteiger partial charge in [0.15, 0.2) is 0 Å². The van der Waals surface area contributed by atoms with Gasteiger partial charge < -0.3 is 10.1 Å². The minimum atomic E-state index is -3.45. The Balaban J connectivity index is 1.62. The standard InChI is InChI=1S/C17H24N2O4S/c20-17(18-13-15-5-4-12-23-15)14-6-8-16(9-7-14)24(21,22)19-10-2-1-3-11-19/h6-9,15H,1-5,10-13H2,(H,18,20)/t15-/m1/s1. The highest BCUT2D eigenvalue weighted by molar-refractivity contribution is 7.89. The Kier molecular flexibility index (Phi) is 5.53. The van der Waals surface area contributed by atoms with Crippen molar-refractivity contribution in [1.29, 1.82) is 0 Å². The van der Waals surface area contributed by atoms with E-state index in [1.54, 1.807) is 12.1 Å². The molecule has 0 bridgehead atoms. The van der Waals surface area contributed by atoms with Crippen molar-refractivity contribution in [3.8, 4) is 0 Å². The van der Waals surface area contributed by atoms with E-state index in [4.69, 9.17) is 4.74 Å². The van der Waals surface area contributed by atoms with Gasteiger partial charge in [-0.1, -0.05) is 6.42 Å². The van der Waals surface area contributed by atoms with Crippen LogP contribution in [-0.4, -0.2) is 51.0 Å². The highest BCUT2D eigenvalue weighted by Crippen LogP contribution is 2.21. The molecule has 0 radical (unpaired) electrons. The minimum absolute atomic E-state index is 0.0905. The monoisotopic (exact) mass is 352 g/mol. The highest BCUT2D eigenvalue weighted by Gasteiger charge is 2.26. The number of piperidine rings is 1. The number of hydrogen-bond acceptors (Lipinski definition) is 4. The summed E-state index contributed by atoms with van der Waals surface area (Å²) in [4.78, 5) is 12.4. The molecule has 0 unspecified atom stereocenters. The highest BCUT2D eigenvalue weighted by atomic mass is 32.2. The van der Waals surface area contributed by atoms with Gasteiger partial charge in [-0.2, -0.15) is 4.31 Å². The van der Waals surface area contributed by atoms with Gasteiger partial charge in [-0.3, -0.25) is 4.79 Å². The molecular formula is C17H24N2O4S. The summed E-state index contributed by atoms with van der Waals surface area (Å²) in [6.45, 7) is 2.40. The summed E-state index contributed by atoms with van der Waals surface area (Å²) in [6.07, 6.45) is 4.98. The maximum Gasteiger partial charge on any atom is 0.251 e. The van der Waals surface area contributed by atoms with Gasteiger partial charge >= 0.3 is 0 Å². The van der Waals surface area contributed by atoms with Gasteiger partial charge in [-0.15, -0.1) is 0 Å². The number of carbonyl (C=O) groups is 1. The molecule has 2 heterocycles. The van der Waals surface area contributed by atoms with Crippen molar-refractivity contribution in [3.63, 3.8) is 0 Å². The molecule has 2 aliphatic rings. The van der Waals surface area contributed by atoms with Crippen LogP contribution in [0.25, 0.3) is 0 Å². The fourth-order valence-electron chi connectivity index (χ4n) is 3.15. The average molecular weight is 352 g/mol. The second-order valence-corrected chi connectivity index (χ2v) is 8.27. The Morgan fingerprint density at radius 2 is 1.83 bits per heavy atom. The zero-order chi connectivity index (χ0) is 17.0. The van der Waals surface area contributed by atoms with Crippen LogP contribution in [0.2, 0.25) is 0 Å². The zero-order valence-corrected chi connectivity index (χ0v) is 14.6. The van der Waals surface area contributed by atoms with E-state index in [9.17, 15) is 13.2 Å². The lowest BCUT2D eigenvalue weighted by molar-refractivity contribution is 0.0857. The third-order valence-electron chi connectivity index (χ3n) is 4.58. The van der Waals surface area contributed by atoms with E-state index in [-0.39, 0.29) is 16.9 Å². The molecule has 132 valence electrons. The predicted octanol–water partition coefficient (Wildman–Crippen LogP) is 1.77. The molecule has 0 aliphatic carbocycles. The second-order valence-electron chi connectivity index (χ2n) is 6.33. The quantitative estimate of drug-likeness (QED) is 0.876. The Morgan fingerprint density at radius 1 is 1.12 bits per heavy atom. The maximum absolute atomic E-state index is 12.6. The van der Waals surface area contributed by atoms with Crippen LogP contribution in [0.3, 0.4) is 0 Å². The van der Waals surface area contributed by atoms with Crippen molar-refractivity contribution >= 4 is 15.9 Å². The summed E-state index contributed by atoms with van der Waals surface area (Å²) in [6, 6.07) is 6.18. The smallest absolute Gasteiger partial charge is 0.251 e. The van der Waals surface area contributed by atoms with Crippen LogP contribution in [0.15, 0.2) is 29.2 Å². The molecule has 2 fully saturated rings. The topological polar surface area (TPSA) is 75.7 Å². The number of amides is 1. The SMILES string of the molecule is O=C(NC[C@H]1CCCO1)c1ccc(S(=O)(=O)N2CCCCC2)cc1. The van der Waals surface area contributed by atoms with Crippen molar-refractivity contribution < 1.29 is 17.9 Å². The summed E-state index contributed by atoms with van der Waals surface area (Å²) >= 11 is 0. The molecular weight excluding hydrogens is 328 g/mol. The Labute approximate surface area is 143 Å². The number of rotatable bonds is 5. The first-order chi connectivity index (χ1) is 11.6. The third kappa shape index (κ3) is 3.96. The summed E-state index contributed by atoms with van der Waals surface area (Å²) in [7, 11) is -3.45. The van der Waals surface area contributed by atoms with Crippen LogP contribution in [0.5, 0.6) is 0 Å². The molecule has 1 N–H and O–H groups in total. The van der Waals surface area contributed by atoms with Crippen molar-refractivity contribution in [2.75, 3.05) is 26.2 Å². The van der Waals surface area contributed by atoms with Gasteiger partial charge in [0.25, 0.3) is 5.91 Å². The lowest BCUT2D eigenvalue weighted by Gasteiger charge is -2.25. The Bertz CT molecular complexity index is 660. The molecule has 2 aliphatic heterocycles. The van der Waals surface area contributed by atoms with Crippen LogP contribution in [0.1, 0.15) is 42.5 Å². The molecule has 2 saturated heterocycles. The zero-order valence-electron chi connectivity index (χ0n) is 13.7. The molecule has 7 heteroatoms. The minimum Gasteiger partial charge on any atom is -0.376 e. The van der Waals surface area contributed by atoms with Crippen LogP contribution in [0, 0.1) is 0 Å². The van der Waals surface area contributed by atoms with Crippen LogP contribution in [0.4, 0.5) is 0 Å². The van der Waals surface area contributed by atoms with E-state index in [1.807, 2.05) is 0 Å². The summed E-state index contributed by atoms with van der Waals surface area (Å²) in [5, 5.41) is 2.84. The van der Waals surface area contributed by atoms with E-state index in [0.29, 0.717) is 25.2 Å². The number of carbonyl (C=O) groups excluding carboxylic acids is 1. The molecule has 0 saturated carbocycles. The van der Waals surface area contributed by atoms with E-state index < -0.39 is 10.0 Å². The van der Waals surface area contributed by atoms with E-state index >= 15 is 0 Å². The van der Waals surface area contributed by atoms with Crippen LogP contribution in [-0.2, 0) is 14.8 Å². The number of nitrogens with one attached hydrogen (secondary N) is 1. The summed E-state index contributed by atoms with van der Waals surface area (Å²) in [5.74, 6) is -0.201. The van der Waals surface area contributed by atoms with Gasteiger partial charge in [-0.25, -0.2) is 8.42 Å². The first kappa shape index (κ1) is 17.4. The molecule has 6 nitrogen and oxygen atoms in total. The van der Waals surface area contributed by atoms with Gasteiger partial charge in [-0.05, 0) is 49.9 Å². The molecule has 3 rings (SSSR count). The van der Waals surface area contributed by atoms with Crippen molar-refractivity contribution in [1.82, 2.24) is 9.62 Å². The largest absolute Gasteiger partial charge is 0.376 e. The van der Waals surface area contributed by atoms with Crippen molar-refractivity contribution in [3.05, 3.63) is 29.8 Å². The van der Waals surface area contributed by atoms with E-state index in [2.05, 4.69) is 5.32 Å². The van der Waals surface area contributed by atoms with Gasteiger partial charge in [0.1, 0.15) is 0 Å². The van der Waals surface area contributed by atoms with Gasteiger partial charge in [0.05, 0.1) is 11.0 Å². The molecule has 0 aromatic heterocycles. The Morgan fingerprint density at radius 3 is 2.46 bits per heavy atom. The maximum atomic E-state index is 12.6. The number of ether oxygens (including phenoxy) is 1. The first-order valence-electron chi connectivity index (χ1n) is 8.57. The average Bonchev–Trinajstić information content (AvgIpc) is 3.14. The second kappa shape index (κ2) is 7.63. The number of hydrogen-bond donors (Lipinski definition) is 1. The van der Waals surface area contributed by atoms with Gasteiger partial charge in [0, 0.05) is 31.8 Å². The van der Waals surface area contributed by atoms with Crippen molar-refractivity contribution in [2.45, 2.75) is 43.1 Å². The summed E-state index contributed by atoms with van der Waals surface area (Å²) < 4.78 is 32.2. The molecule has 1 atom stereocenters. The number of nitrogens with zero attached hydrogens (tertiary/aromatic N) is 1. The number of benzene rings is 1. The van der Waals surface area contributed by atoms with Gasteiger partial charge in [0.2, 0.25) is 10.0 Å². The van der Waals surface area contributed by atoms with E-state index in [1.165, 1.54) is 16.4 Å². The summed E-state index contributed by atoms with van der Waals surface area (Å²) in [5.41, 5.74) is 0.464.